The van der Waals surface area contributed by atoms with Crippen LogP contribution >= 0.6 is 0 Å². The second-order valence-corrected chi connectivity index (χ2v) is 6.38. The van der Waals surface area contributed by atoms with Gasteiger partial charge >= 0.3 is 0 Å². The van der Waals surface area contributed by atoms with E-state index in [1.54, 1.807) is 12.4 Å². The first kappa shape index (κ1) is 18.6. The fraction of sp³-hybridized carbons (Fsp3) is 0.217. The molecule has 0 fully saturated rings. The molecule has 0 saturated heterocycles. The molecule has 3 aromatic rings. The third kappa shape index (κ3) is 5.42. The Morgan fingerprint density at radius 2 is 1.78 bits per heavy atom. The Labute approximate surface area is 160 Å². The molecule has 1 atom stereocenters. The van der Waals surface area contributed by atoms with Crippen LogP contribution in [-0.2, 0) is 17.9 Å². The summed E-state index contributed by atoms with van der Waals surface area (Å²) in [5.41, 5.74) is 3.12. The Bertz CT molecular complexity index is 833. The number of aromatic nitrogens is 1. The van der Waals surface area contributed by atoms with Gasteiger partial charge in [-0.1, -0.05) is 55.5 Å². The van der Waals surface area contributed by atoms with E-state index in [1.807, 2.05) is 73.7 Å². The number of rotatable bonds is 8. The SMILES string of the molecule is CCC(C(=O)NCc1ccc(OCc2cccnc2)cc1)c1ccccc1. The molecular weight excluding hydrogens is 336 g/mol. The largest absolute Gasteiger partial charge is 0.489 e. The number of pyridine rings is 1. The van der Waals surface area contributed by atoms with Gasteiger partial charge in [0.05, 0.1) is 5.92 Å². The molecule has 0 radical (unpaired) electrons. The number of amides is 1. The Kier molecular flexibility index (Phi) is 6.58. The highest BCUT2D eigenvalue weighted by Crippen LogP contribution is 2.20. The van der Waals surface area contributed by atoms with E-state index in [2.05, 4.69) is 10.3 Å². The summed E-state index contributed by atoms with van der Waals surface area (Å²) < 4.78 is 5.76. The van der Waals surface area contributed by atoms with Crippen LogP contribution in [0.2, 0.25) is 0 Å². The van der Waals surface area contributed by atoms with Gasteiger partial charge in [-0.3, -0.25) is 9.78 Å². The van der Waals surface area contributed by atoms with Crippen molar-refractivity contribution in [2.24, 2.45) is 0 Å². The number of benzene rings is 2. The van der Waals surface area contributed by atoms with Crippen LogP contribution in [0.1, 0.15) is 36.0 Å². The van der Waals surface area contributed by atoms with Crippen LogP contribution in [0.4, 0.5) is 0 Å². The first-order chi connectivity index (χ1) is 13.3. The lowest BCUT2D eigenvalue weighted by Crippen LogP contribution is -2.28. The average Bonchev–Trinajstić information content (AvgIpc) is 2.73. The summed E-state index contributed by atoms with van der Waals surface area (Å²) in [5, 5.41) is 3.04. The van der Waals surface area contributed by atoms with Crippen LogP contribution in [0.25, 0.3) is 0 Å². The van der Waals surface area contributed by atoms with Gasteiger partial charge in [0.25, 0.3) is 0 Å². The molecule has 1 unspecified atom stereocenters. The summed E-state index contributed by atoms with van der Waals surface area (Å²) in [6.45, 7) is 3.02. The van der Waals surface area contributed by atoms with E-state index in [1.165, 1.54) is 0 Å². The zero-order valence-corrected chi connectivity index (χ0v) is 15.5. The molecule has 27 heavy (non-hydrogen) atoms. The predicted octanol–water partition coefficient (Wildman–Crippen LogP) is 4.47. The van der Waals surface area contributed by atoms with Gasteiger partial charge in [0, 0.05) is 24.5 Å². The summed E-state index contributed by atoms with van der Waals surface area (Å²) in [5.74, 6) is 0.735. The van der Waals surface area contributed by atoms with E-state index >= 15 is 0 Å². The van der Waals surface area contributed by atoms with Crippen molar-refractivity contribution in [1.29, 1.82) is 0 Å². The van der Waals surface area contributed by atoms with Crippen molar-refractivity contribution in [2.45, 2.75) is 32.4 Å². The number of hydrogen-bond acceptors (Lipinski definition) is 3. The smallest absolute Gasteiger partial charge is 0.227 e. The van der Waals surface area contributed by atoms with Crippen LogP contribution in [0, 0.1) is 0 Å². The van der Waals surface area contributed by atoms with Crippen molar-refractivity contribution >= 4 is 5.91 Å². The highest BCUT2D eigenvalue weighted by Gasteiger charge is 2.17. The molecule has 1 amide bonds. The van der Waals surface area contributed by atoms with Crippen LogP contribution in [0.5, 0.6) is 5.75 Å². The van der Waals surface area contributed by atoms with Crippen molar-refractivity contribution < 1.29 is 9.53 Å². The van der Waals surface area contributed by atoms with Crippen molar-refractivity contribution in [3.63, 3.8) is 0 Å². The Balaban J connectivity index is 1.51. The van der Waals surface area contributed by atoms with Gasteiger partial charge in [-0.05, 0) is 35.7 Å². The second-order valence-electron chi connectivity index (χ2n) is 6.38. The maximum absolute atomic E-state index is 12.5. The van der Waals surface area contributed by atoms with Gasteiger partial charge in [0.1, 0.15) is 12.4 Å². The van der Waals surface area contributed by atoms with Crippen molar-refractivity contribution in [3.8, 4) is 5.75 Å². The molecule has 138 valence electrons. The average molecular weight is 360 g/mol. The lowest BCUT2D eigenvalue weighted by Gasteiger charge is -2.15. The van der Waals surface area contributed by atoms with Gasteiger partial charge in [-0.25, -0.2) is 0 Å². The summed E-state index contributed by atoms with van der Waals surface area (Å²) in [6, 6.07) is 21.6. The molecule has 0 spiro atoms. The fourth-order valence-corrected chi connectivity index (χ4v) is 2.92. The summed E-state index contributed by atoms with van der Waals surface area (Å²) in [6.07, 6.45) is 4.31. The highest BCUT2D eigenvalue weighted by molar-refractivity contribution is 5.83. The zero-order valence-electron chi connectivity index (χ0n) is 15.5. The monoisotopic (exact) mass is 360 g/mol. The van der Waals surface area contributed by atoms with Crippen LogP contribution in [0.15, 0.2) is 79.1 Å². The number of carbonyl (C=O) groups is 1. The maximum atomic E-state index is 12.5. The summed E-state index contributed by atoms with van der Waals surface area (Å²) in [4.78, 5) is 16.6. The minimum absolute atomic E-state index is 0.0561. The van der Waals surface area contributed by atoms with E-state index in [-0.39, 0.29) is 11.8 Å². The molecule has 1 heterocycles. The van der Waals surface area contributed by atoms with Gasteiger partial charge in [0.2, 0.25) is 5.91 Å². The van der Waals surface area contributed by atoms with E-state index in [0.717, 1.165) is 28.9 Å². The summed E-state index contributed by atoms with van der Waals surface area (Å²) in [7, 11) is 0. The fourth-order valence-electron chi connectivity index (χ4n) is 2.92. The molecule has 0 saturated carbocycles. The zero-order chi connectivity index (χ0) is 18.9. The van der Waals surface area contributed by atoms with Crippen molar-refractivity contribution in [1.82, 2.24) is 10.3 Å². The number of nitrogens with zero attached hydrogens (tertiary/aromatic N) is 1. The third-order valence-corrected chi connectivity index (χ3v) is 4.45. The molecule has 2 aromatic carbocycles. The van der Waals surface area contributed by atoms with E-state index in [0.29, 0.717) is 13.2 Å². The normalized spacial score (nSPS) is 11.6. The molecular formula is C23H24N2O2. The van der Waals surface area contributed by atoms with Gasteiger partial charge < -0.3 is 10.1 Å². The first-order valence-corrected chi connectivity index (χ1v) is 9.19. The highest BCUT2D eigenvalue weighted by atomic mass is 16.5. The minimum atomic E-state index is -0.117. The topological polar surface area (TPSA) is 51.2 Å². The molecule has 1 N–H and O–H groups in total. The molecule has 0 aliphatic carbocycles. The van der Waals surface area contributed by atoms with Crippen LogP contribution < -0.4 is 10.1 Å². The Morgan fingerprint density at radius 1 is 1.00 bits per heavy atom. The summed E-state index contributed by atoms with van der Waals surface area (Å²) >= 11 is 0. The Hall–Kier alpha value is -3.14. The quantitative estimate of drug-likeness (QED) is 0.645. The second kappa shape index (κ2) is 9.53. The van der Waals surface area contributed by atoms with Gasteiger partial charge in [-0.2, -0.15) is 0 Å². The first-order valence-electron chi connectivity index (χ1n) is 9.19. The lowest BCUT2D eigenvalue weighted by molar-refractivity contribution is -0.122. The number of carbonyl (C=O) groups excluding carboxylic acids is 1. The lowest BCUT2D eigenvalue weighted by atomic mass is 9.95. The molecule has 0 aliphatic heterocycles. The van der Waals surface area contributed by atoms with Crippen LogP contribution in [-0.4, -0.2) is 10.9 Å². The maximum Gasteiger partial charge on any atom is 0.227 e. The molecule has 4 nitrogen and oxygen atoms in total. The predicted molar refractivity (Wildman–Crippen MR) is 106 cm³/mol. The molecule has 0 bridgehead atoms. The van der Waals surface area contributed by atoms with E-state index < -0.39 is 0 Å². The van der Waals surface area contributed by atoms with Crippen molar-refractivity contribution in [3.05, 3.63) is 95.8 Å². The number of nitrogens with one attached hydrogen (secondary N) is 1. The number of ether oxygens (including phenoxy) is 1. The molecule has 3 rings (SSSR count). The third-order valence-electron chi connectivity index (χ3n) is 4.45. The Morgan fingerprint density at radius 3 is 2.44 bits per heavy atom. The van der Waals surface area contributed by atoms with Gasteiger partial charge in [0.15, 0.2) is 0 Å². The standard InChI is InChI=1S/C23H24N2O2/c1-2-22(20-8-4-3-5-9-20)23(26)25-16-18-10-12-21(13-11-18)27-17-19-7-6-14-24-15-19/h3-15,22H,2,16-17H2,1H3,(H,25,26). The molecule has 1 aromatic heterocycles. The van der Waals surface area contributed by atoms with E-state index in [9.17, 15) is 4.79 Å². The van der Waals surface area contributed by atoms with Crippen LogP contribution in [0.3, 0.4) is 0 Å². The molecule has 4 heteroatoms. The van der Waals surface area contributed by atoms with E-state index in [4.69, 9.17) is 4.74 Å². The number of hydrogen-bond donors (Lipinski definition) is 1. The minimum Gasteiger partial charge on any atom is -0.489 e. The van der Waals surface area contributed by atoms with Crippen molar-refractivity contribution in [2.75, 3.05) is 0 Å². The van der Waals surface area contributed by atoms with Gasteiger partial charge in [-0.15, -0.1) is 0 Å². The molecule has 0 aliphatic rings.